The largest absolute Gasteiger partial charge is 0.465 e. The van der Waals surface area contributed by atoms with Gasteiger partial charge >= 0.3 is 12.2 Å². The summed E-state index contributed by atoms with van der Waals surface area (Å²) in [5, 5.41) is 12.5. The fourth-order valence-corrected chi connectivity index (χ4v) is 12.5. The van der Waals surface area contributed by atoms with Crippen LogP contribution in [0.15, 0.2) is 78.9 Å². The molecule has 6 aromatic rings. The smallest absolute Gasteiger partial charge is 0.407 e. The maximum absolute atomic E-state index is 16.8. The van der Waals surface area contributed by atoms with Crippen LogP contribution in [0, 0.1) is 23.5 Å². The number of hydrogen-bond donors (Lipinski definition) is 4. The summed E-state index contributed by atoms with van der Waals surface area (Å²) in [7, 11) is 2.70. The van der Waals surface area contributed by atoms with Crippen molar-refractivity contribution in [2.75, 3.05) is 50.1 Å². The summed E-state index contributed by atoms with van der Waals surface area (Å²) in [6, 6.07) is 22.4. The van der Waals surface area contributed by atoms with Crippen LogP contribution in [-0.2, 0) is 14.3 Å². The molecule has 16 nitrogen and oxygen atoms in total. The molecule has 0 spiro atoms. The molecule has 0 saturated carbocycles. The zero-order valence-corrected chi connectivity index (χ0v) is 43.6. The van der Waals surface area contributed by atoms with Gasteiger partial charge in [-0.15, -0.1) is 0 Å². The summed E-state index contributed by atoms with van der Waals surface area (Å²) >= 11 is 0. The Morgan fingerprint density at radius 3 is 1.71 bits per heavy atom. The summed E-state index contributed by atoms with van der Waals surface area (Å²) in [6.45, 7) is 9.51. The first-order valence-electron chi connectivity index (χ1n) is 26.6. The number of hydrogen-bond acceptors (Lipinski definition) is 9. The fraction of sp³-hybridized carbons (Fsp3) is 0.474. The van der Waals surface area contributed by atoms with Gasteiger partial charge in [0.25, 0.3) is 0 Å². The van der Waals surface area contributed by atoms with Gasteiger partial charge in [-0.1, -0.05) is 70.2 Å². The number of likely N-dealkylation sites (tertiary alicyclic amines) is 2. The van der Waals surface area contributed by atoms with Crippen LogP contribution in [0.1, 0.15) is 137 Å². The Hall–Kier alpha value is -7.24. The van der Waals surface area contributed by atoms with Gasteiger partial charge in [0.05, 0.1) is 53.3 Å². The Morgan fingerprint density at radius 2 is 1.21 bits per heavy atom. The van der Waals surface area contributed by atoms with Gasteiger partial charge in [0.15, 0.2) is 11.6 Å². The number of imidazole rings is 2. The second-order valence-electron chi connectivity index (χ2n) is 21.6. The van der Waals surface area contributed by atoms with Crippen LogP contribution >= 0.6 is 0 Å². The lowest BCUT2D eigenvalue weighted by molar-refractivity contribution is -0.138. The number of carbonyl (C=O) groups is 4. The molecule has 4 amide bonds. The van der Waals surface area contributed by atoms with E-state index in [0.29, 0.717) is 86.1 Å². The molecule has 4 aromatic carbocycles. The number of H-pyrrole nitrogens is 2. The molecule has 18 heteroatoms. The van der Waals surface area contributed by atoms with Crippen molar-refractivity contribution in [3.05, 3.63) is 119 Å². The number of carboxylic acid groups (broad SMARTS) is 1. The highest BCUT2D eigenvalue weighted by Crippen LogP contribution is 2.49. The summed E-state index contributed by atoms with van der Waals surface area (Å²) in [5.74, 6) is -0.520. The average Bonchev–Trinajstić information content (AvgIpc) is 4.27. The van der Waals surface area contributed by atoms with Crippen molar-refractivity contribution in [2.24, 2.45) is 11.8 Å². The van der Waals surface area contributed by atoms with Crippen molar-refractivity contribution >= 4 is 57.4 Å². The maximum Gasteiger partial charge on any atom is 0.407 e. The lowest BCUT2D eigenvalue weighted by Gasteiger charge is -2.36. The Morgan fingerprint density at radius 1 is 0.680 bits per heavy atom. The summed E-state index contributed by atoms with van der Waals surface area (Å²) in [5.41, 5.74) is 6.42. The Bertz CT molecular complexity index is 3060. The third-order valence-corrected chi connectivity index (χ3v) is 16.3. The summed E-state index contributed by atoms with van der Waals surface area (Å²) in [4.78, 5) is 77.9. The van der Waals surface area contributed by atoms with E-state index in [9.17, 15) is 24.3 Å². The molecule has 4 aliphatic heterocycles. The van der Waals surface area contributed by atoms with Crippen LogP contribution < -0.4 is 15.1 Å². The number of nitrogens with one attached hydrogen (secondary N) is 3. The maximum atomic E-state index is 16.8. The highest BCUT2D eigenvalue weighted by molar-refractivity contribution is 5.87. The predicted octanol–water partition coefficient (Wildman–Crippen LogP) is 10.5. The highest BCUT2D eigenvalue weighted by Gasteiger charge is 2.42. The minimum Gasteiger partial charge on any atom is -0.465 e. The van der Waals surface area contributed by atoms with Crippen molar-refractivity contribution in [2.45, 2.75) is 121 Å². The molecule has 4 aliphatic rings. The molecule has 4 N–H and O–H groups in total. The van der Waals surface area contributed by atoms with Gasteiger partial charge in [0.2, 0.25) is 11.8 Å². The van der Waals surface area contributed by atoms with E-state index < -0.39 is 35.9 Å². The number of amides is 4. The van der Waals surface area contributed by atoms with Crippen LogP contribution in [0.4, 0.5) is 29.7 Å². The van der Waals surface area contributed by atoms with E-state index in [-0.39, 0.29) is 53.5 Å². The molecule has 2 aromatic heterocycles. The number of fused-ring (bicyclic) bond motifs is 2. The fourth-order valence-electron chi connectivity index (χ4n) is 12.5. The van der Waals surface area contributed by atoms with Crippen LogP contribution in [0.5, 0.6) is 0 Å². The molecule has 0 aliphatic carbocycles. The van der Waals surface area contributed by atoms with Gasteiger partial charge in [-0.2, -0.15) is 0 Å². The molecule has 396 valence electrons. The van der Waals surface area contributed by atoms with E-state index in [1.54, 1.807) is 9.80 Å². The van der Waals surface area contributed by atoms with E-state index >= 15 is 8.78 Å². The number of aromatic amines is 2. The van der Waals surface area contributed by atoms with Crippen LogP contribution in [-0.4, -0.2) is 116 Å². The number of anilines is 2. The number of rotatable bonds is 13. The molecule has 75 heavy (non-hydrogen) atoms. The number of nitrogens with zero attached hydrogens (tertiary/aromatic N) is 7. The Balaban J connectivity index is 0.969. The van der Waals surface area contributed by atoms with E-state index in [2.05, 4.69) is 32.3 Å². The number of alkyl carbamates (subject to hydrolysis) is 1. The summed E-state index contributed by atoms with van der Waals surface area (Å²) < 4.78 is 38.5. The van der Waals surface area contributed by atoms with E-state index in [4.69, 9.17) is 14.7 Å². The number of carbonyl (C=O) groups excluding carboxylic acids is 3. The number of likely N-dealkylation sites (N-methyl/N-ethyl adjacent to an activating group) is 1. The van der Waals surface area contributed by atoms with Crippen LogP contribution in [0.25, 0.3) is 22.1 Å². The SMILES string of the molecule is COC(=O)N[C@H](C(=O)N1CCC[C@H]1c1nc2cc([C@H]3CC[C@H](c4ccc5[nH]c([C@@H]6CCCN6C(=O)[C@H](C(C)C)N(C)C(=O)O)nc5c4)N3c3cc(F)c(N4CCC(c5ccccc5)CC4)c(F)c3)ccc2[nH]1)C(C)C. The second kappa shape index (κ2) is 21.2. The van der Waals surface area contributed by atoms with Crippen molar-refractivity contribution < 1.29 is 37.8 Å². The number of aromatic nitrogens is 4. The van der Waals surface area contributed by atoms with Crippen LogP contribution in [0.2, 0.25) is 0 Å². The second-order valence-corrected chi connectivity index (χ2v) is 21.6. The molecule has 4 saturated heterocycles. The third-order valence-electron chi connectivity index (χ3n) is 16.3. The standard InChI is InChI=1S/C57H68F2N10O6/c1-32(2)49(64-56(72)75-6)54(70)67-24-10-14-47(67)52-60-41-18-16-36(28-43(41)62-52)45-20-21-46(69(45)38-30-39(58)51(40(59)31-38)66-26-22-35(23-27-66)34-12-8-7-9-13-34)37-17-19-42-44(29-37)63-53(61-42)48-15-11-25-68(48)55(71)50(33(3)4)65(5)57(73)74/h7-9,12-13,16-19,28-33,35,45-50H,10-11,14-15,20-27H2,1-6H3,(H,60,62)(H,61,63)(H,64,72)(H,73,74)/t45-,46-,47+,48+,49+,50+/m1/s1. The first kappa shape index (κ1) is 51.3. The zero-order chi connectivity index (χ0) is 52.8. The van der Waals surface area contributed by atoms with Crippen molar-refractivity contribution in [1.29, 1.82) is 0 Å². The molecule has 0 unspecified atom stereocenters. The third kappa shape index (κ3) is 9.95. The molecular formula is C57H68F2N10O6. The molecule has 6 heterocycles. The Labute approximate surface area is 435 Å². The van der Waals surface area contributed by atoms with Gasteiger partial charge in [0.1, 0.15) is 29.4 Å². The normalized spacial score (nSPS) is 21.2. The van der Waals surface area contributed by atoms with Crippen molar-refractivity contribution in [1.82, 2.24) is 40.0 Å². The number of piperidine rings is 1. The number of halogens is 2. The van der Waals surface area contributed by atoms with Gasteiger partial charge < -0.3 is 44.7 Å². The first-order valence-corrected chi connectivity index (χ1v) is 26.6. The van der Waals surface area contributed by atoms with E-state index in [0.717, 1.165) is 52.7 Å². The van der Waals surface area contributed by atoms with Crippen molar-refractivity contribution in [3.8, 4) is 0 Å². The zero-order valence-electron chi connectivity index (χ0n) is 43.6. The lowest BCUT2D eigenvalue weighted by atomic mass is 9.89. The first-order chi connectivity index (χ1) is 36.1. The monoisotopic (exact) mass is 1030 g/mol. The topological polar surface area (TPSA) is 183 Å². The van der Waals surface area contributed by atoms with E-state index in [1.165, 1.54) is 31.9 Å². The number of methoxy groups -OCH3 is 1. The number of ether oxygens (including phenoxy) is 1. The molecule has 4 fully saturated rings. The average molecular weight is 1030 g/mol. The molecule has 0 radical (unpaired) electrons. The minimum atomic E-state index is -1.16. The molecule has 0 bridgehead atoms. The molecule has 10 rings (SSSR count). The Kier molecular flexibility index (Phi) is 14.5. The van der Waals surface area contributed by atoms with Gasteiger partial charge in [-0.05, 0) is 122 Å². The predicted molar refractivity (Wildman–Crippen MR) is 282 cm³/mol. The van der Waals surface area contributed by atoms with Crippen LogP contribution in [0.3, 0.4) is 0 Å². The van der Waals surface area contributed by atoms with Gasteiger partial charge in [-0.3, -0.25) is 14.5 Å². The summed E-state index contributed by atoms with van der Waals surface area (Å²) in [6.07, 6.45) is 3.93. The molecular weight excluding hydrogens is 959 g/mol. The number of benzene rings is 4. The van der Waals surface area contributed by atoms with Gasteiger partial charge in [0, 0.05) is 38.9 Å². The quantitative estimate of drug-likeness (QED) is 0.0868. The van der Waals surface area contributed by atoms with Crippen molar-refractivity contribution in [3.63, 3.8) is 0 Å². The lowest BCUT2D eigenvalue weighted by Crippen LogP contribution is -2.51. The highest BCUT2D eigenvalue weighted by atomic mass is 19.1. The molecule has 6 atom stereocenters. The minimum absolute atomic E-state index is 0.0116. The van der Waals surface area contributed by atoms with Gasteiger partial charge in [-0.25, -0.2) is 28.3 Å². The van der Waals surface area contributed by atoms with E-state index in [1.807, 2.05) is 87.2 Å².